The Hall–Kier alpha value is -6.24. The number of nitrogens with zero attached hydrogens (tertiary/aromatic N) is 10. The number of ether oxygens (including phenoxy) is 1. The smallest absolute Gasteiger partial charge is 0.312 e. The first-order valence-electron chi connectivity index (χ1n) is 17.5. The van der Waals surface area contributed by atoms with E-state index < -0.39 is 9.85 Å². The Kier molecular flexibility index (Phi) is 14.0. The molecule has 0 amide bonds. The van der Waals surface area contributed by atoms with E-state index in [0.717, 1.165) is 72.9 Å². The molecule has 7 aromatic rings. The quantitative estimate of drug-likeness (QED) is 0.0826. The Balaban J connectivity index is 0.000000216. The second-order valence-corrected chi connectivity index (χ2v) is 14.4. The lowest BCUT2D eigenvalue weighted by Gasteiger charge is -2.32. The lowest BCUT2D eigenvalue weighted by atomic mass is 10.1. The van der Waals surface area contributed by atoms with Crippen LogP contribution in [0, 0.1) is 20.2 Å². The maximum Gasteiger partial charge on any atom is 0.312 e. The van der Waals surface area contributed by atoms with Crippen molar-refractivity contribution in [2.75, 3.05) is 24.6 Å². The minimum absolute atomic E-state index is 0.126. The van der Waals surface area contributed by atoms with Gasteiger partial charge in [0.15, 0.2) is 11.5 Å². The summed E-state index contributed by atoms with van der Waals surface area (Å²) in [4.78, 5) is 46.5. The fraction of sp³-hybridized carbons (Fsp3) is 0.158. The SMILES string of the molecule is Nc1cc(CN2CCC(Oc3ccc(-n4c(-c5ccccn5)nc5cc(Cl)cnc54)cc3)CC2)ccn1.Nc1ncc(Cl)cc1[N+](=O)[O-].O=[N+]([O-])c1cc(Cl)cnc1Cl. The fourth-order valence-electron chi connectivity index (χ4n) is 5.88. The van der Waals surface area contributed by atoms with Gasteiger partial charge in [-0.15, -0.1) is 0 Å². The van der Waals surface area contributed by atoms with Crippen LogP contribution in [0.25, 0.3) is 28.4 Å². The number of nitrogen functional groups attached to an aromatic ring is 2. The summed E-state index contributed by atoms with van der Waals surface area (Å²) < 4.78 is 8.34. The molecule has 1 aromatic carbocycles. The maximum absolute atomic E-state index is 10.2. The molecule has 302 valence electrons. The number of hydrogen-bond donors (Lipinski definition) is 2. The number of likely N-dealkylation sites (tertiary alicyclic amines) is 1. The molecule has 21 heteroatoms. The molecule has 1 aliphatic heterocycles. The van der Waals surface area contributed by atoms with Crippen LogP contribution in [0.4, 0.5) is 23.0 Å². The zero-order chi connectivity index (χ0) is 42.1. The van der Waals surface area contributed by atoms with Gasteiger partial charge in [-0.25, -0.2) is 24.9 Å². The van der Waals surface area contributed by atoms with Crippen molar-refractivity contribution >= 4 is 80.6 Å². The number of imidazole rings is 1. The topological polar surface area (TPSA) is 233 Å². The first-order chi connectivity index (χ1) is 28.3. The number of nitro groups is 2. The first-order valence-corrected chi connectivity index (χ1v) is 19.0. The summed E-state index contributed by atoms with van der Waals surface area (Å²) in [6.45, 7) is 2.84. The highest BCUT2D eigenvalue weighted by Crippen LogP contribution is 2.30. The number of anilines is 2. The van der Waals surface area contributed by atoms with Gasteiger partial charge in [0, 0.05) is 68.4 Å². The minimum Gasteiger partial charge on any atom is -0.490 e. The second-order valence-electron chi connectivity index (χ2n) is 12.7. The van der Waals surface area contributed by atoms with E-state index in [9.17, 15) is 20.2 Å². The standard InChI is InChI=1S/C28H26ClN7O.C5H2Cl2N2O2.C5H4ClN3O2/c29-20-16-25-27(33-17-20)36(28(34-25)24-3-1-2-11-31-24)21-4-6-22(7-5-21)37-23-9-13-35(14-10-23)18-19-8-12-32-26(30)15-19;2*6-3-1-4(9(10)11)5(7)8-2-3/h1-8,11-12,15-17,23H,9-10,13-14,18H2,(H2,30,32);1-2H;1-2H,(H2,7,8). The van der Waals surface area contributed by atoms with Gasteiger partial charge in [-0.3, -0.25) is 34.7 Å². The third kappa shape index (κ3) is 11.2. The predicted octanol–water partition coefficient (Wildman–Crippen LogP) is 8.68. The Morgan fingerprint density at radius 2 is 1.41 bits per heavy atom. The molecule has 8 rings (SSSR count). The van der Waals surface area contributed by atoms with Crippen molar-refractivity contribution in [2.24, 2.45) is 0 Å². The number of nitrogens with two attached hydrogens (primary N) is 2. The number of fused-ring (bicyclic) bond motifs is 1. The molecular formula is C38H32Cl4N12O5. The number of piperidine rings is 1. The van der Waals surface area contributed by atoms with Crippen LogP contribution in [0.2, 0.25) is 20.2 Å². The van der Waals surface area contributed by atoms with Crippen molar-refractivity contribution in [2.45, 2.75) is 25.5 Å². The summed E-state index contributed by atoms with van der Waals surface area (Å²) in [6.07, 6.45) is 9.80. The Morgan fingerprint density at radius 1 is 0.746 bits per heavy atom. The van der Waals surface area contributed by atoms with Crippen LogP contribution < -0.4 is 16.2 Å². The van der Waals surface area contributed by atoms with E-state index in [2.05, 4.69) is 29.8 Å². The normalized spacial score (nSPS) is 12.8. The van der Waals surface area contributed by atoms with Gasteiger partial charge in [0.05, 0.1) is 24.9 Å². The predicted molar refractivity (Wildman–Crippen MR) is 226 cm³/mol. The fourth-order valence-corrected chi connectivity index (χ4v) is 6.51. The summed E-state index contributed by atoms with van der Waals surface area (Å²) in [5, 5.41) is 21.2. The van der Waals surface area contributed by atoms with E-state index in [4.69, 9.17) is 67.6 Å². The molecule has 4 N–H and O–H groups in total. The van der Waals surface area contributed by atoms with Gasteiger partial charge in [0.2, 0.25) is 11.0 Å². The van der Waals surface area contributed by atoms with E-state index in [0.29, 0.717) is 16.7 Å². The zero-order valence-electron chi connectivity index (χ0n) is 30.6. The third-order valence-electron chi connectivity index (χ3n) is 8.59. The van der Waals surface area contributed by atoms with Crippen molar-refractivity contribution in [1.29, 1.82) is 0 Å². The molecule has 1 aliphatic rings. The minimum atomic E-state index is -0.638. The maximum atomic E-state index is 10.2. The molecule has 7 heterocycles. The van der Waals surface area contributed by atoms with Gasteiger partial charge in [-0.05, 0) is 73.0 Å². The van der Waals surface area contributed by atoms with Gasteiger partial charge in [0.25, 0.3) is 0 Å². The molecule has 1 saturated heterocycles. The molecule has 0 radical (unpaired) electrons. The molecule has 0 unspecified atom stereocenters. The van der Waals surface area contributed by atoms with Crippen LogP contribution >= 0.6 is 46.4 Å². The van der Waals surface area contributed by atoms with E-state index in [1.165, 1.54) is 18.0 Å². The molecule has 0 saturated carbocycles. The Morgan fingerprint density at radius 3 is 2.03 bits per heavy atom. The van der Waals surface area contributed by atoms with Crippen molar-refractivity contribution in [1.82, 2.24) is 39.4 Å². The second kappa shape index (κ2) is 19.5. The van der Waals surface area contributed by atoms with Crippen LogP contribution in [-0.2, 0) is 6.54 Å². The van der Waals surface area contributed by atoms with Crippen molar-refractivity contribution < 1.29 is 14.6 Å². The van der Waals surface area contributed by atoms with Gasteiger partial charge in [-0.1, -0.05) is 52.5 Å². The molecule has 1 fully saturated rings. The number of pyridine rings is 5. The summed E-state index contributed by atoms with van der Waals surface area (Å²) in [5.41, 5.74) is 14.8. The lowest BCUT2D eigenvalue weighted by Crippen LogP contribution is -2.37. The van der Waals surface area contributed by atoms with Crippen LogP contribution in [-0.4, -0.2) is 68.4 Å². The molecule has 0 atom stereocenters. The Labute approximate surface area is 355 Å². The van der Waals surface area contributed by atoms with E-state index in [1.54, 1.807) is 18.6 Å². The molecule has 0 aliphatic carbocycles. The van der Waals surface area contributed by atoms with Crippen LogP contribution in [0.1, 0.15) is 18.4 Å². The molecule has 59 heavy (non-hydrogen) atoms. The van der Waals surface area contributed by atoms with Gasteiger partial charge in [-0.2, -0.15) is 0 Å². The summed E-state index contributed by atoms with van der Waals surface area (Å²) in [7, 11) is 0. The number of aromatic nitrogens is 7. The number of rotatable bonds is 8. The lowest BCUT2D eigenvalue weighted by molar-refractivity contribution is -0.385. The molecule has 0 spiro atoms. The highest BCUT2D eigenvalue weighted by molar-refractivity contribution is 6.33. The molecular weight excluding hydrogens is 846 g/mol. The van der Waals surface area contributed by atoms with Crippen LogP contribution in [0.3, 0.4) is 0 Å². The molecule has 6 aromatic heterocycles. The van der Waals surface area contributed by atoms with Gasteiger partial charge in [0.1, 0.15) is 28.9 Å². The van der Waals surface area contributed by atoms with E-state index in [-0.39, 0.29) is 38.5 Å². The van der Waals surface area contributed by atoms with E-state index >= 15 is 0 Å². The van der Waals surface area contributed by atoms with Crippen LogP contribution in [0.5, 0.6) is 5.75 Å². The van der Waals surface area contributed by atoms with Gasteiger partial charge >= 0.3 is 11.4 Å². The number of benzene rings is 1. The highest BCUT2D eigenvalue weighted by Gasteiger charge is 2.22. The van der Waals surface area contributed by atoms with Crippen LogP contribution in [0.15, 0.2) is 104 Å². The molecule has 0 bridgehead atoms. The first kappa shape index (κ1) is 42.4. The average molecular weight is 879 g/mol. The largest absolute Gasteiger partial charge is 0.490 e. The number of halogens is 4. The van der Waals surface area contributed by atoms with Crippen molar-refractivity contribution in [3.8, 4) is 23.0 Å². The average Bonchev–Trinajstić information content (AvgIpc) is 3.60. The zero-order valence-corrected chi connectivity index (χ0v) is 33.6. The highest BCUT2D eigenvalue weighted by atomic mass is 35.5. The van der Waals surface area contributed by atoms with E-state index in [1.807, 2.05) is 65.2 Å². The van der Waals surface area contributed by atoms with Crippen molar-refractivity contribution in [3.05, 3.63) is 150 Å². The molecule has 17 nitrogen and oxygen atoms in total. The summed E-state index contributed by atoms with van der Waals surface area (Å²) in [6, 6.07) is 21.9. The van der Waals surface area contributed by atoms with Crippen molar-refractivity contribution in [3.63, 3.8) is 0 Å². The third-order valence-corrected chi connectivity index (χ3v) is 9.50. The van der Waals surface area contributed by atoms with Gasteiger partial charge < -0.3 is 16.2 Å². The summed E-state index contributed by atoms with van der Waals surface area (Å²) >= 11 is 22.4. The Bertz CT molecular complexity index is 2520. The number of hydrogen-bond acceptors (Lipinski definition) is 14. The summed E-state index contributed by atoms with van der Waals surface area (Å²) in [5.74, 6) is 2.00. The monoisotopic (exact) mass is 876 g/mol.